The first-order valence-electron chi connectivity index (χ1n) is 23.8. The van der Waals surface area contributed by atoms with Crippen molar-refractivity contribution < 1.29 is 43.4 Å². The van der Waals surface area contributed by atoms with Gasteiger partial charge in [-0.05, 0) is 91.2 Å². The molecule has 6 aromatic rings. The van der Waals surface area contributed by atoms with E-state index in [0.717, 1.165) is 28.8 Å². The topological polar surface area (TPSA) is 262 Å². The SMILES string of the molecule is CCc1nccc2sc(-c3c(C)nc(NCC4(C)CC4)nc3N[C@@H]3C[C@H](C(C)(C)O)[C@@H](O)[C@H]3OCc3nccc4sc(-c5c(C)nc(NCC(F)(F)F)nc5N[C@@H]5C[C@H](C(C)(C)O)[C@@H](O)[C@H]5O)nc34)nc12. The molecule has 0 bridgehead atoms. The van der Waals surface area contributed by atoms with Gasteiger partial charge in [-0.25, -0.2) is 19.9 Å². The van der Waals surface area contributed by atoms with Gasteiger partial charge in [0.15, 0.2) is 0 Å². The fourth-order valence-corrected chi connectivity index (χ4v) is 11.9. The average molecular weight is 1020 g/mol. The van der Waals surface area contributed by atoms with Crippen molar-refractivity contribution in [2.75, 3.05) is 34.4 Å². The van der Waals surface area contributed by atoms with Gasteiger partial charge in [-0.2, -0.15) is 23.1 Å². The fraction of sp³-hybridized carbons (Fsp3) is 0.583. The molecule has 0 saturated heterocycles. The third-order valence-corrected chi connectivity index (χ3v) is 16.2. The summed E-state index contributed by atoms with van der Waals surface area (Å²) in [7, 11) is 0. The molecule has 3 aliphatic carbocycles. The molecular formula is C48H61F3N12O6S2. The number of aromatic nitrogens is 8. The average Bonchev–Trinajstić information content (AvgIpc) is 3.60. The summed E-state index contributed by atoms with van der Waals surface area (Å²) >= 11 is 2.77. The lowest BCUT2D eigenvalue weighted by atomic mass is 9.88. The first kappa shape index (κ1) is 50.9. The van der Waals surface area contributed by atoms with Gasteiger partial charge in [0.1, 0.15) is 51.4 Å². The monoisotopic (exact) mass is 1020 g/mol. The van der Waals surface area contributed by atoms with Crippen LogP contribution in [0.15, 0.2) is 24.5 Å². The van der Waals surface area contributed by atoms with Gasteiger partial charge in [0.05, 0.1) is 85.4 Å². The Morgan fingerprint density at radius 2 is 1.21 bits per heavy atom. The zero-order valence-corrected chi connectivity index (χ0v) is 42.4. The minimum atomic E-state index is -4.56. The number of nitrogens with one attached hydrogen (secondary N) is 4. The van der Waals surface area contributed by atoms with Crippen molar-refractivity contribution in [3.8, 4) is 21.1 Å². The van der Waals surface area contributed by atoms with Gasteiger partial charge in [0.25, 0.3) is 0 Å². The highest BCUT2D eigenvalue weighted by molar-refractivity contribution is 7.22. The van der Waals surface area contributed by atoms with Gasteiger partial charge in [0, 0.05) is 30.8 Å². The van der Waals surface area contributed by atoms with Gasteiger partial charge >= 0.3 is 6.18 Å². The maximum Gasteiger partial charge on any atom is 0.405 e. The van der Waals surface area contributed by atoms with Crippen molar-refractivity contribution in [2.24, 2.45) is 17.3 Å². The third kappa shape index (κ3) is 10.7. The molecule has 23 heteroatoms. The van der Waals surface area contributed by atoms with E-state index in [0.29, 0.717) is 73.9 Å². The van der Waals surface area contributed by atoms with E-state index < -0.39 is 72.3 Å². The van der Waals surface area contributed by atoms with Crippen molar-refractivity contribution in [3.63, 3.8) is 0 Å². The smallest absolute Gasteiger partial charge is 0.390 e. The summed E-state index contributed by atoms with van der Waals surface area (Å²) in [6, 6.07) is 2.29. The van der Waals surface area contributed by atoms with Crippen LogP contribution < -0.4 is 21.3 Å². The van der Waals surface area contributed by atoms with Gasteiger partial charge < -0.3 is 51.5 Å². The minimum Gasteiger partial charge on any atom is -0.390 e. The Bertz CT molecular complexity index is 2920. The second-order valence-corrected chi connectivity index (χ2v) is 22.7. The maximum absolute atomic E-state index is 13.3. The van der Waals surface area contributed by atoms with E-state index in [9.17, 15) is 38.7 Å². The zero-order valence-electron chi connectivity index (χ0n) is 40.8. The van der Waals surface area contributed by atoms with Crippen LogP contribution in [0, 0.1) is 31.1 Å². The van der Waals surface area contributed by atoms with Crippen molar-refractivity contribution in [3.05, 3.63) is 47.3 Å². The number of aliphatic hydroxyl groups is 5. The molecule has 0 radical (unpaired) electrons. The number of aliphatic hydroxyl groups excluding tert-OH is 3. The number of halogens is 3. The Kier molecular flexibility index (Phi) is 13.7. The van der Waals surface area contributed by atoms with Gasteiger partial charge in [-0.1, -0.05) is 13.8 Å². The molecule has 3 fully saturated rings. The van der Waals surface area contributed by atoms with Crippen LogP contribution in [0.4, 0.5) is 36.7 Å². The number of hydrogen-bond acceptors (Lipinski definition) is 20. The first-order chi connectivity index (χ1) is 33.4. The van der Waals surface area contributed by atoms with Gasteiger partial charge in [0.2, 0.25) is 11.9 Å². The van der Waals surface area contributed by atoms with Crippen LogP contribution in [0.1, 0.15) is 90.0 Å². The maximum atomic E-state index is 13.3. The third-order valence-electron chi connectivity index (χ3n) is 14.1. The van der Waals surface area contributed by atoms with E-state index in [1.165, 1.54) is 36.5 Å². The highest BCUT2D eigenvalue weighted by Crippen LogP contribution is 2.46. The molecule has 8 atom stereocenters. The molecule has 0 spiro atoms. The van der Waals surface area contributed by atoms with Crippen LogP contribution in [-0.4, -0.2) is 132 Å². The normalized spacial score (nSPS) is 24.5. The predicted molar refractivity (Wildman–Crippen MR) is 266 cm³/mol. The van der Waals surface area contributed by atoms with Crippen LogP contribution in [0.3, 0.4) is 0 Å². The summed E-state index contributed by atoms with van der Waals surface area (Å²) in [5.41, 5.74) is 2.12. The molecule has 9 N–H and O–H groups in total. The summed E-state index contributed by atoms with van der Waals surface area (Å²) in [6.45, 7) is 13.4. The summed E-state index contributed by atoms with van der Waals surface area (Å²) in [5, 5.41) is 69.8. The largest absolute Gasteiger partial charge is 0.405 e. The molecule has 9 rings (SSSR count). The molecule has 0 amide bonds. The van der Waals surface area contributed by atoms with Crippen molar-refractivity contribution in [1.82, 2.24) is 39.9 Å². The Morgan fingerprint density at radius 1 is 0.704 bits per heavy atom. The molecular weight excluding hydrogens is 962 g/mol. The molecule has 0 aromatic carbocycles. The molecule has 71 heavy (non-hydrogen) atoms. The zero-order chi connectivity index (χ0) is 50.9. The van der Waals surface area contributed by atoms with Gasteiger partial charge in [-0.3, -0.25) is 9.97 Å². The highest BCUT2D eigenvalue weighted by Gasteiger charge is 2.50. The van der Waals surface area contributed by atoms with E-state index in [1.54, 1.807) is 39.2 Å². The van der Waals surface area contributed by atoms with Crippen molar-refractivity contribution in [1.29, 1.82) is 0 Å². The summed E-state index contributed by atoms with van der Waals surface area (Å²) < 4.78 is 48.3. The number of fused-ring (bicyclic) bond motifs is 2. The number of rotatable bonds is 17. The summed E-state index contributed by atoms with van der Waals surface area (Å²) in [5.74, 6) is -0.641. The molecule has 18 nitrogen and oxygen atoms in total. The number of pyridine rings is 2. The predicted octanol–water partition coefficient (Wildman–Crippen LogP) is 6.79. The standard InChI is InChI=1S/C48H61F3N12O6S2/c1-9-25-33-29(10-14-52-25)70-41(60-33)32-22(3)56-43(54-19-47(8)12-13-47)63-40(32)59-27-17-24(46(6,7)68)36(65)38(27)69-18-28-34-30(11-15-53-28)71-42(61-34)31-21(2)57-44(55-20-48(49,50)51)62-39(31)58-26-16-23(45(4,5)67)35(64)37(26)66/h10-11,14-15,23-24,26-27,35-38,64-68H,9,12-13,16-20H2,1-8H3,(H2,54,56,59,63)(H2,55,57,58,62)/t23-,24-,26+,27+,35+,36+,37-,38-/m0/s1. The fourth-order valence-electron chi connectivity index (χ4n) is 9.76. The van der Waals surface area contributed by atoms with E-state index in [2.05, 4.69) is 48.1 Å². The molecule has 3 saturated carbocycles. The lowest BCUT2D eigenvalue weighted by Gasteiger charge is -2.29. The molecule has 6 heterocycles. The number of thiazole rings is 2. The Balaban J connectivity index is 1.04. The van der Waals surface area contributed by atoms with Crippen LogP contribution in [0.25, 0.3) is 41.6 Å². The Morgan fingerprint density at radius 3 is 1.73 bits per heavy atom. The Labute approximate surface area is 416 Å². The number of alkyl halides is 3. The number of aryl methyl sites for hydroxylation is 3. The van der Waals surface area contributed by atoms with E-state index in [-0.39, 0.29) is 35.9 Å². The lowest BCUT2D eigenvalue weighted by molar-refractivity contribution is -0.115. The van der Waals surface area contributed by atoms with Crippen molar-refractivity contribution in [2.45, 2.75) is 148 Å². The minimum absolute atomic E-state index is 0.0630. The summed E-state index contributed by atoms with van der Waals surface area (Å²) in [4.78, 5) is 38.0. The van der Waals surface area contributed by atoms with Gasteiger partial charge in [-0.15, -0.1) is 22.7 Å². The quantitative estimate of drug-likeness (QED) is 0.0456. The molecule has 6 aromatic heterocycles. The molecule has 382 valence electrons. The second-order valence-electron chi connectivity index (χ2n) is 20.7. The number of ether oxygens (including phenoxy) is 1. The van der Waals surface area contributed by atoms with E-state index in [1.807, 2.05) is 19.9 Å². The van der Waals surface area contributed by atoms with Crippen LogP contribution in [0.5, 0.6) is 0 Å². The van der Waals surface area contributed by atoms with Crippen LogP contribution >= 0.6 is 22.7 Å². The van der Waals surface area contributed by atoms with Crippen molar-refractivity contribution >= 4 is 66.6 Å². The lowest BCUT2D eigenvalue weighted by Crippen LogP contribution is -2.41. The first-order valence-corrected chi connectivity index (χ1v) is 25.5. The molecule has 0 unspecified atom stereocenters. The second kappa shape index (κ2) is 19.1. The Hall–Kier alpha value is -5.01. The molecule has 0 aliphatic heterocycles. The summed E-state index contributed by atoms with van der Waals surface area (Å²) in [6.07, 6.45) is -2.47. The molecule has 3 aliphatic rings. The van der Waals surface area contributed by atoms with E-state index >= 15 is 0 Å². The van der Waals surface area contributed by atoms with Crippen LogP contribution in [-0.2, 0) is 17.8 Å². The number of anilines is 4. The number of nitrogens with zero attached hydrogens (tertiary/aromatic N) is 8. The van der Waals surface area contributed by atoms with Crippen LogP contribution in [0.2, 0.25) is 0 Å². The number of hydrogen-bond donors (Lipinski definition) is 9. The van der Waals surface area contributed by atoms with E-state index in [4.69, 9.17) is 24.7 Å². The highest BCUT2D eigenvalue weighted by atomic mass is 32.1.